The predicted octanol–water partition coefficient (Wildman–Crippen LogP) is 7.90. The minimum Gasteiger partial charge on any atom is -0.497 e. The second-order valence-electron chi connectivity index (χ2n) is 12.8. The Morgan fingerprint density at radius 2 is 1.40 bits per heavy atom. The summed E-state index contributed by atoms with van der Waals surface area (Å²) in [6.07, 6.45) is 1.79. The van der Waals surface area contributed by atoms with Crippen LogP contribution >= 0.6 is 24.8 Å². The number of aryl methyl sites for hydroxylation is 1. The predicted molar refractivity (Wildman–Crippen MR) is 189 cm³/mol. The lowest BCUT2D eigenvalue weighted by Crippen LogP contribution is -2.41. The van der Waals surface area contributed by atoms with Crippen LogP contribution in [0.15, 0.2) is 66.9 Å². The number of piperidine rings is 1. The summed E-state index contributed by atoms with van der Waals surface area (Å²) in [5.41, 5.74) is 11.5. The standard InChI is InChI=1S/C36H43F3N4O3.2ClH/c1-44-30-18-27(19-31(21-30)45-2)23-41-15-10-35(11-16-41)12-17-42(25-35)22-26-4-9-34-32(20-26)33(24-43(34)14-3-13-40)28-5-7-29(8-6-28)46-36(37,38)39;;/h4-9,18-21,24H,3,10-17,22-23,25,40H2,1-2H3;2*1H. The molecule has 0 atom stereocenters. The van der Waals surface area contributed by atoms with Gasteiger partial charge in [0.15, 0.2) is 0 Å². The average Bonchev–Trinajstić information content (AvgIpc) is 3.61. The zero-order valence-corrected chi connectivity index (χ0v) is 29.1. The van der Waals surface area contributed by atoms with Gasteiger partial charge in [-0.1, -0.05) is 18.2 Å². The number of likely N-dealkylation sites (tertiary alicyclic amines) is 2. The van der Waals surface area contributed by atoms with Crippen molar-refractivity contribution in [2.24, 2.45) is 11.1 Å². The topological polar surface area (TPSA) is 65.1 Å². The zero-order chi connectivity index (χ0) is 32.3. The van der Waals surface area contributed by atoms with Crippen LogP contribution in [0.1, 0.15) is 36.8 Å². The molecule has 2 saturated heterocycles. The van der Waals surface area contributed by atoms with E-state index in [4.69, 9.17) is 15.2 Å². The molecule has 2 aliphatic rings. The number of rotatable bonds is 11. The van der Waals surface area contributed by atoms with Gasteiger partial charge in [0.25, 0.3) is 0 Å². The minimum atomic E-state index is -4.72. The molecule has 2 aliphatic heterocycles. The smallest absolute Gasteiger partial charge is 0.497 e. The van der Waals surface area contributed by atoms with Gasteiger partial charge in [-0.3, -0.25) is 9.80 Å². The van der Waals surface area contributed by atoms with E-state index in [1.807, 2.05) is 6.07 Å². The van der Waals surface area contributed by atoms with Crippen LogP contribution in [-0.4, -0.2) is 67.7 Å². The third-order valence-electron chi connectivity index (χ3n) is 9.61. The number of hydrogen-bond donors (Lipinski definition) is 1. The SMILES string of the molecule is COc1cc(CN2CCC3(CC2)CCN(Cc2ccc4c(c2)c(-c2ccc(OC(F)(F)F)cc2)cn4CCCN)C3)cc(OC)c1.Cl.Cl. The largest absolute Gasteiger partial charge is 0.573 e. The van der Waals surface area contributed by atoms with Gasteiger partial charge in [0.05, 0.1) is 14.2 Å². The fourth-order valence-corrected chi connectivity index (χ4v) is 7.19. The molecule has 6 rings (SSSR count). The van der Waals surface area contributed by atoms with Gasteiger partial charge in [-0.25, -0.2) is 0 Å². The number of fused-ring (bicyclic) bond motifs is 1. The second kappa shape index (κ2) is 16.0. The third-order valence-corrected chi connectivity index (χ3v) is 9.61. The molecule has 0 saturated carbocycles. The van der Waals surface area contributed by atoms with Gasteiger partial charge in [0.2, 0.25) is 0 Å². The Morgan fingerprint density at radius 1 is 0.771 bits per heavy atom. The Morgan fingerprint density at radius 3 is 2.00 bits per heavy atom. The van der Waals surface area contributed by atoms with Crippen LogP contribution in [0.3, 0.4) is 0 Å². The number of aromatic nitrogens is 1. The van der Waals surface area contributed by atoms with Crippen molar-refractivity contribution in [3.63, 3.8) is 0 Å². The van der Waals surface area contributed by atoms with Crippen LogP contribution in [0.25, 0.3) is 22.0 Å². The summed E-state index contributed by atoms with van der Waals surface area (Å²) in [7, 11) is 3.37. The molecule has 1 spiro atoms. The molecule has 2 fully saturated rings. The molecular formula is C36H45Cl2F3N4O3. The van der Waals surface area contributed by atoms with Crippen LogP contribution in [0.5, 0.6) is 17.2 Å². The van der Waals surface area contributed by atoms with Crippen molar-refractivity contribution in [1.82, 2.24) is 14.4 Å². The number of ether oxygens (including phenoxy) is 3. The number of nitrogens with zero attached hydrogens (tertiary/aromatic N) is 3. The van der Waals surface area contributed by atoms with Crippen molar-refractivity contribution in [3.05, 3.63) is 78.0 Å². The van der Waals surface area contributed by atoms with E-state index in [-0.39, 0.29) is 30.6 Å². The van der Waals surface area contributed by atoms with Crippen molar-refractivity contribution < 1.29 is 27.4 Å². The monoisotopic (exact) mass is 708 g/mol. The Balaban J connectivity index is 0.00000260. The summed E-state index contributed by atoms with van der Waals surface area (Å²) in [5.74, 6) is 1.42. The molecule has 3 aromatic carbocycles. The number of hydrogen-bond acceptors (Lipinski definition) is 6. The quantitative estimate of drug-likeness (QED) is 0.171. The number of alkyl halides is 3. The normalized spacial score (nSPS) is 16.5. The lowest BCUT2D eigenvalue weighted by molar-refractivity contribution is -0.274. The van der Waals surface area contributed by atoms with Crippen LogP contribution in [-0.2, 0) is 19.6 Å². The highest BCUT2D eigenvalue weighted by Crippen LogP contribution is 2.42. The maximum Gasteiger partial charge on any atom is 0.573 e. The van der Waals surface area contributed by atoms with Crippen LogP contribution in [0, 0.1) is 5.41 Å². The molecular weight excluding hydrogens is 664 g/mol. The van der Waals surface area contributed by atoms with Crippen molar-refractivity contribution in [1.29, 1.82) is 0 Å². The average molecular weight is 710 g/mol. The lowest BCUT2D eigenvalue weighted by atomic mass is 9.77. The van der Waals surface area contributed by atoms with Gasteiger partial charge < -0.3 is 24.5 Å². The van der Waals surface area contributed by atoms with Gasteiger partial charge in [0, 0.05) is 54.9 Å². The molecule has 0 unspecified atom stereocenters. The van der Waals surface area contributed by atoms with Crippen LogP contribution in [0.4, 0.5) is 13.2 Å². The molecule has 48 heavy (non-hydrogen) atoms. The Hall–Kier alpha value is -3.15. The van der Waals surface area contributed by atoms with Crippen molar-refractivity contribution in [2.75, 3.05) is 46.9 Å². The summed E-state index contributed by atoms with van der Waals surface area (Å²) in [6.45, 7) is 7.44. The highest BCUT2D eigenvalue weighted by molar-refractivity contribution is 5.96. The van der Waals surface area contributed by atoms with Gasteiger partial charge in [-0.15, -0.1) is 38.0 Å². The molecule has 7 nitrogen and oxygen atoms in total. The third kappa shape index (κ3) is 8.90. The minimum absolute atomic E-state index is 0. The van der Waals surface area contributed by atoms with E-state index >= 15 is 0 Å². The zero-order valence-electron chi connectivity index (χ0n) is 27.4. The van der Waals surface area contributed by atoms with Gasteiger partial charge >= 0.3 is 6.36 Å². The first-order valence-corrected chi connectivity index (χ1v) is 16.0. The molecule has 12 heteroatoms. The molecule has 1 aromatic heterocycles. The molecule has 3 heterocycles. The van der Waals surface area contributed by atoms with E-state index in [1.54, 1.807) is 26.4 Å². The summed E-state index contributed by atoms with van der Waals surface area (Å²) in [4.78, 5) is 5.12. The maximum absolute atomic E-state index is 12.7. The van der Waals surface area contributed by atoms with Gasteiger partial charge in [0.1, 0.15) is 17.2 Å². The molecule has 0 bridgehead atoms. The highest BCUT2D eigenvalue weighted by atomic mass is 35.5. The summed E-state index contributed by atoms with van der Waals surface area (Å²) < 4.78 is 55.4. The van der Waals surface area contributed by atoms with E-state index in [0.717, 1.165) is 85.8 Å². The summed E-state index contributed by atoms with van der Waals surface area (Å²) in [6, 6.07) is 18.9. The maximum atomic E-state index is 12.7. The van der Waals surface area contributed by atoms with Crippen molar-refractivity contribution >= 4 is 35.7 Å². The number of halogens is 5. The Bertz CT molecular complexity index is 1620. The van der Waals surface area contributed by atoms with Crippen LogP contribution in [0.2, 0.25) is 0 Å². The first kappa shape index (κ1) is 37.7. The first-order valence-electron chi connectivity index (χ1n) is 16.0. The molecule has 4 aromatic rings. The second-order valence-corrected chi connectivity index (χ2v) is 12.8. The molecule has 0 radical (unpaired) electrons. The van der Waals surface area contributed by atoms with Crippen molar-refractivity contribution in [2.45, 2.75) is 51.7 Å². The van der Waals surface area contributed by atoms with E-state index in [2.05, 4.69) is 55.6 Å². The fourth-order valence-electron chi connectivity index (χ4n) is 7.19. The van der Waals surface area contributed by atoms with E-state index in [0.29, 0.717) is 12.0 Å². The molecule has 0 aliphatic carbocycles. The molecule has 262 valence electrons. The Kier molecular flexibility index (Phi) is 12.6. The molecule has 0 amide bonds. The van der Waals surface area contributed by atoms with E-state index in [1.165, 1.54) is 42.5 Å². The van der Waals surface area contributed by atoms with Crippen molar-refractivity contribution in [3.8, 4) is 28.4 Å². The fraction of sp³-hybridized carbons (Fsp3) is 0.444. The van der Waals surface area contributed by atoms with Gasteiger partial charge in [-0.05, 0) is 110 Å². The number of benzene rings is 3. The lowest BCUT2D eigenvalue weighted by Gasteiger charge is -2.39. The summed E-state index contributed by atoms with van der Waals surface area (Å²) >= 11 is 0. The van der Waals surface area contributed by atoms with E-state index < -0.39 is 6.36 Å². The van der Waals surface area contributed by atoms with Gasteiger partial charge in [-0.2, -0.15) is 0 Å². The first-order chi connectivity index (χ1) is 22.2. The molecule has 2 N–H and O–H groups in total. The highest BCUT2D eigenvalue weighted by Gasteiger charge is 2.40. The number of nitrogens with two attached hydrogens (primary N) is 1. The summed E-state index contributed by atoms with van der Waals surface area (Å²) in [5, 5.41) is 1.09. The van der Waals surface area contributed by atoms with E-state index in [9.17, 15) is 13.2 Å². The van der Waals surface area contributed by atoms with Crippen LogP contribution < -0.4 is 19.9 Å². The Labute approximate surface area is 292 Å². The number of methoxy groups -OCH3 is 2.